The van der Waals surface area contributed by atoms with E-state index >= 15 is 0 Å². The summed E-state index contributed by atoms with van der Waals surface area (Å²) in [6, 6.07) is 0. The predicted octanol–water partition coefficient (Wildman–Crippen LogP) is 1.62. The fraction of sp³-hybridized carbons (Fsp3) is 0.364. The molecule has 0 aliphatic carbocycles. The summed E-state index contributed by atoms with van der Waals surface area (Å²) in [6.07, 6.45) is -5.44. The molecule has 0 aliphatic heterocycles. The maximum Gasteiger partial charge on any atom is 0.510 e. The Bertz CT molecular complexity index is 428. The number of carbonyl (C=O) groups excluding carboxylic acids is 1. The van der Waals surface area contributed by atoms with Gasteiger partial charge in [-0.05, 0) is 0 Å². The molecule has 0 fully saturated rings. The number of carbonyl (C=O) groups is 5. The molecule has 15 nitrogen and oxygen atoms in total. The molecule has 0 aromatic heterocycles. The summed E-state index contributed by atoms with van der Waals surface area (Å²) in [6.45, 7) is -0.552. The highest BCUT2D eigenvalue weighted by Gasteiger charge is 1.98. The third kappa shape index (κ3) is 36.9. The lowest BCUT2D eigenvalue weighted by Crippen LogP contribution is -2.10. The van der Waals surface area contributed by atoms with E-state index in [2.05, 4.69) is 28.4 Å². The van der Waals surface area contributed by atoms with Crippen molar-refractivity contribution in [3.8, 4) is 0 Å². The molecule has 0 spiro atoms. The van der Waals surface area contributed by atoms with Gasteiger partial charge in [0, 0.05) is 0 Å². The molecule has 0 radical (unpaired) electrons. The van der Waals surface area contributed by atoms with Crippen LogP contribution in [0.2, 0.25) is 0 Å². The lowest BCUT2D eigenvalue weighted by molar-refractivity contribution is 0.0472. The molecule has 0 aliphatic rings. The fourth-order valence-corrected chi connectivity index (χ4v) is 0.513. The first-order valence-electron chi connectivity index (χ1n) is 5.84. The van der Waals surface area contributed by atoms with Crippen molar-refractivity contribution in [3.63, 3.8) is 0 Å². The highest BCUT2D eigenvalue weighted by atomic mass is 16.7. The standard InChI is InChI=1S/C4H6O6.C4H4O6.C3H6O3/c2*5-3(6)9-1-2-10-4(7)8;1-5-3(4)6-2/h1-2H2,(H,5,6)(H,7,8);1-2H,(H,5,6)(H,7,8);1-2H3/b;2-1+;. The second-order valence-corrected chi connectivity index (χ2v) is 2.93. The molecule has 26 heavy (non-hydrogen) atoms. The lowest BCUT2D eigenvalue weighted by atomic mass is 10.8. The third-order valence-corrected chi connectivity index (χ3v) is 1.26. The van der Waals surface area contributed by atoms with Crippen molar-refractivity contribution in [2.75, 3.05) is 27.4 Å². The number of rotatable bonds is 5. The van der Waals surface area contributed by atoms with Gasteiger partial charge >= 0.3 is 30.8 Å². The van der Waals surface area contributed by atoms with Crippen molar-refractivity contribution in [1.82, 2.24) is 0 Å². The molecule has 0 unspecified atom stereocenters. The van der Waals surface area contributed by atoms with Crippen LogP contribution in [0.25, 0.3) is 0 Å². The predicted molar refractivity (Wildman–Crippen MR) is 74.7 cm³/mol. The van der Waals surface area contributed by atoms with Gasteiger partial charge in [0.05, 0.1) is 14.2 Å². The normalized spacial score (nSPS) is 8.38. The first-order chi connectivity index (χ1) is 12.1. The van der Waals surface area contributed by atoms with Gasteiger partial charge in [0.2, 0.25) is 0 Å². The maximum atomic E-state index is 9.74. The minimum absolute atomic E-state index is 0.276. The molecule has 0 aromatic rings. The average molecular weight is 388 g/mol. The first-order valence-corrected chi connectivity index (χ1v) is 5.84. The van der Waals surface area contributed by atoms with Gasteiger partial charge < -0.3 is 48.8 Å². The van der Waals surface area contributed by atoms with Gasteiger partial charge in [-0.1, -0.05) is 0 Å². The van der Waals surface area contributed by atoms with Crippen LogP contribution >= 0.6 is 0 Å². The van der Waals surface area contributed by atoms with Crippen LogP contribution in [0.3, 0.4) is 0 Å². The number of methoxy groups -OCH3 is 2. The van der Waals surface area contributed by atoms with E-state index in [-0.39, 0.29) is 13.2 Å². The van der Waals surface area contributed by atoms with Crippen LogP contribution in [0.5, 0.6) is 0 Å². The third-order valence-electron chi connectivity index (χ3n) is 1.26. The molecular weight excluding hydrogens is 372 g/mol. The zero-order chi connectivity index (χ0) is 21.0. The summed E-state index contributed by atoms with van der Waals surface area (Å²) in [5.41, 5.74) is 0. The van der Waals surface area contributed by atoms with Gasteiger partial charge in [0.1, 0.15) is 25.7 Å². The second kappa shape index (κ2) is 19.1. The molecular formula is C11H16O15. The van der Waals surface area contributed by atoms with Crippen LogP contribution in [0, 0.1) is 0 Å². The van der Waals surface area contributed by atoms with Crippen LogP contribution in [-0.2, 0) is 28.4 Å². The van der Waals surface area contributed by atoms with Crippen molar-refractivity contribution in [2.45, 2.75) is 0 Å². The SMILES string of the molecule is COC(=O)OC.O=C(O)O/C=C/OC(=O)O.O=C(O)OCCOC(=O)O. The summed E-state index contributed by atoms with van der Waals surface area (Å²) in [5, 5.41) is 31.3. The Labute approximate surface area is 144 Å². The zero-order valence-corrected chi connectivity index (χ0v) is 13.3. The molecule has 15 heteroatoms. The molecule has 0 heterocycles. The molecule has 4 N–H and O–H groups in total. The van der Waals surface area contributed by atoms with E-state index in [0.29, 0.717) is 12.5 Å². The Morgan fingerprint density at radius 1 is 0.654 bits per heavy atom. The summed E-state index contributed by atoms with van der Waals surface area (Å²) >= 11 is 0. The van der Waals surface area contributed by atoms with E-state index < -0.39 is 30.8 Å². The Hall–Kier alpha value is -3.91. The Morgan fingerprint density at radius 2 is 0.962 bits per heavy atom. The van der Waals surface area contributed by atoms with E-state index in [1.54, 1.807) is 0 Å². The molecule has 150 valence electrons. The van der Waals surface area contributed by atoms with Gasteiger partial charge in [-0.15, -0.1) is 0 Å². The van der Waals surface area contributed by atoms with Crippen LogP contribution in [0.4, 0.5) is 24.0 Å². The maximum absolute atomic E-state index is 9.74. The summed E-state index contributed by atoms with van der Waals surface area (Å²) in [7, 11) is 2.51. The van der Waals surface area contributed by atoms with E-state index in [0.717, 1.165) is 0 Å². The first kappa shape index (κ1) is 27.0. The van der Waals surface area contributed by atoms with E-state index in [4.69, 9.17) is 20.4 Å². The number of carboxylic acid groups (broad SMARTS) is 4. The zero-order valence-electron chi connectivity index (χ0n) is 13.3. The van der Waals surface area contributed by atoms with Crippen LogP contribution in [0.1, 0.15) is 0 Å². The molecule has 0 atom stereocenters. The highest BCUT2D eigenvalue weighted by Crippen LogP contribution is 1.82. The smallest absolute Gasteiger partial charge is 0.450 e. The summed E-state index contributed by atoms with van der Waals surface area (Å²) in [5.74, 6) is 0. The number of ether oxygens (including phenoxy) is 6. The Kier molecular flexibility index (Phi) is 19.8. The van der Waals surface area contributed by atoms with E-state index in [1.165, 1.54) is 14.2 Å². The van der Waals surface area contributed by atoms with Crippen molar-refractivity contribution < 1.29 is 72.8 Å². The Balaban J connectivity index is -0.000000316. The van der Waals surface area contributed by atoms with Gasteiger partial charge in [0.15, 0.2) is 0 Å². The average Bonchev–Trinajstić information content (AvgIpc) is 2.55. The monoisotopic (exact) mass is 388 g/mol. The molecule has 0 aromatic carbocycles. The van der Waals surface area contributed by atoms with Gasteiger partial charge in [-0.2, -0.15) is 0 Å². The molecule has 0 amide bonds. The summed E-state index contributed by atoms with van der Waals surface area (Å²) < 4.78 is 23.4. The largest absolute Gasteiger partial charge is 0.510 e. The van der Waals surface area contributed by atoms with Crippen molar-refractivity contribution in [3.05, 3.63) is 12.5 Å². The molecule has 0 saturated carbocycles. The van der Waals surface area contributed by atoms with Crippen molar-refractivity contribution in [1.29, 1.82) is 0 Å². The van der Waals surface area contributed by atoms with E-state index in [1.807, 2.05) is 0 Å². The van der Waals surface area contributed by atoms with Crippen LogP contribution in [-0.4, -0.2) is 78.6 Å². The highest BCUT2D eigenvalue weighted by molar-refractivity contribution is 5.59. The lowest BCUT2D eigenvalue weighted by Gasteiger charge is -1.98. The Morgan fingerprint density at radius 3 is 1.12 bits per heavy atom. The fourth-order valence-electron chi connectivity index (χ4n) is 0.513. The van der Waals surface area contributed by atoms with Crippen LogP contribution in [0.15, 0.2) is 12.5 Å². The molecule has 0 rings (SSSR count). The molecule has 0 bridgehead atoms. The van der Waals surface area contributed by atoms with Gasteiger partial charge in [0.25, 0.3) is 0 Å². The topological polar surface area (TPSA) is 222 Å². The van der Waals surface area contributed by atoms with Gasteiger partial charge in [-0.3, -0.25) is 0 Å². The minimum atomic E-state index is -1.54. The second-order valence-electron chi connectivity index (χ2n) is 2.93. The van der Waals surface area contributed by atoms with Crippen LogP contribution < -0.4 is 0 Å². The summed E-state index contributed by atoms with van der Waals surface area (Å²) in [4.78, 5) is 48.1. The van der Waals surface area contributed by atoms with Gasteiger partial charge in [-0.25, -0.2) is 24.0 Å². The van der Waals surface area contributed by atoms with Crippen molar-refractivity contribution in [2.24, 2.45) is 0 Å². The molecule has 0 saturated heterocycles. The number of hydrogen-bond donors (Lipinski definition) is 4. The number of hydrogen-bond acceptors (Lipinski definition) is 11. The van der Waals surface area contributed by atoms with E-state index in [9.17, 15) is 24.0 Å². The van der Waals surface area contributed by atoms with Crippen molar-refractivity contribution >= 4 is 30.8 Å². The minimum Gasteiger partial charge on any atom is -0.450 e. The quantitative estimate of drug-likeness (QED) is 0.227.